The lowest BCUT2D eigenvalue weighted by Gasteiger charge is -2.35. The second kappa shape index (κ2) is 7.08. The number of carbonyl (C=O) groups excluding carboxylic acids is 2. The molecule has 3 heterocycles. The molecule has 2 N–H and O–H groups in total. The summed E-state index contributed by atoms with van der Waals surface area (Å²) >= 11 is 0. The Morgan fingerprint density at radius 2 is 1.79 bits per heavy atom. The number of anilines is 2. The molecule has 2 saturated heterocycles. The van der Waals surface area contributed by atoms with Gasteiger partial charge in [0.25, 0.3) is 11.8 Å². The highest BCUT2D eigenvalue weighted by Crippen LogP contribution is 2.36. The summed E-state index contributed by atoms with van der Waals surface area (Å²) in [6, 6.07) is 8.34. The van der Waals surface area contributed by atoms with Crippen LogP contribution in [0.2, 0.25) is 0 Å². The molecular formula is C19H22N6O3. The van der Waals surface area contributed by atoms with Crippen molar-refractivity contribution in [2.75, 3.05) is 37.0 Å². The first-order chi connectivity index (χ1) is 13.5. The molecule has 0 spiro atoms. The zero-order valence-corrected chi connectivity index (χ0v) is 15.7. The Labute approximate surface area is 162 Å². The summed E-state index contributed by atoms with van der Waals surface area (Å²) < 4.78 is 0. The van der Waals surface area contributed by atoms with Crippen LogP contribution in [0.1, 0.15) is 27.1 Å². The van der Waals surface area contributed by atoms with E-state index in [9.17, 15) is 9.59 Å². The smallest absolute Gasteiger partial charge is 0.277 e. The molecule has 9 nitrogen and oxygen atoms in total. The highest BCUT2D eigenvalue weighted by Gasteiger charge is 2.44. The number of carbonyl (C=O) groups is 2. The summed E-state index contributed by atoms with van der Waals surface area (Å²) in [6.07, 6.45) is 3.82. The maximum absolute atomic E-state index is 12.2. The fourth-order valence-corrected chi connectivity index (χ4v) is 3.96. The van der Waals surface area contributed by atoms with E-state index in [0.717, 1.165) is 25.2 Å². The second-order valence-electron chi connectivity index (χ2n) is 7.31. The second-order valence-corrected chi connectivity index (χ2v) is 7.31. The van der Waals surface area contributed by atoms with Crippen molar-refractivity contribution in [1.29, 1.82) is 0 Å². The predicted molar refractivity (Wildman–Crippen MR) is 103 cm³/mol. The molecule has 4 rings (SSSR count). The molecule has 2 aliphatic heterocycles. The fourth-order valence-electron chi connectivity index (χ4n) is 3.96. The third kappa shape index (κ3) is 3.13. The normalized spacial score (nSPS) is 20.4. The van der Waals surface area contributed by atoms with Gasteiger partial charge in [-0.2, -0.15) is 0 Å². The number of hydrogen-bond acceptors (Lipinski definition) is 7. The third-order valence-corrected chi connectivity index (χ3v) is 5.33. The molecule has 0 saturated carbocycles. The standard InChI is InChI=1S/C19H22N6O3/c1-23(2)18(27)12-4-3-5-14(6-12)24-10-16-7-15(24)11-25(16)19-20-8-13(9-21-19)17(26)22-28/h3-6,8-9,15-16,28H,7,10-11H2,1-2H3,(H,22,26)/t15-,16+/m1/s1. The lowest BCUT2D eigenvalue weighted by molar-refractivity contribution is 0.0705. The van der Waals surface area contributed by atoms with Crippen molar-refractivity contribution in [3.05, 3.63) is 47.8 Å². The summed E-state index contributed by atoms with van der Waals surface area (Å²) in [5.74, 6) is -0.0563. The van der Waals surface area contributed by atoms with Gasteiger partial charge >= 0.3 is 0 Å². The van der Waals surface area contributed by atoms with Gasteiger partial charge < -0.3 is 14.7 Å². The molecule has 0 aliphatic carbocycles. The van der Waals surface area contributed by atoms with Crippen LogP contribution in [0.5, 0.6) is 0 Å². The number of nitrogens with zero attached hydrogens (tertiary/aromatic N) is 5. The highest BCUT2D eigenvalue weighted by atomic mass is 16.5. The molecule has 2 aromatic rings. The summed E-state index contributed by atoms with van der Waals surface area (Å²) in [7, 11) is 3.50. The van der Waals surface area contributed by atoms with Gasteiger partial charge in [-0.1, -0.05) is 6.07 Å². The number of benzene rings is 1. The summed E-state index contributed by atoms with van der Waals surface area (Å²) in [5.41, 5.74) is 3.52. The number of hydroxylamine groups is 1. The molecule has 2 aliphatic rings. The Morgan fingerprint density at radius 3 is 2.39 bits per heavy atom. The molecule has 9 heteroatoms. The van der Waals surface area contributed by atoms with E-state index in [2.05, 4.69) is 19.8 Å². The maximum atomic E-state index is 12.2. The van der Waals surface area contributed by atoms with Crippen LogP contribution in [0.4, 0.5) is 11.6 Å². The Morgan fingerprint density at radius 1 is 1.11 bits per heavy atom. The minimum atomic E-state index is -0.632. The number of fused-ring (bicyclic) bond motifs is 2. The van der Waals surface area contributed by atoms with Gasteiger partial charge in [0, 0.05) is 56.9 Å². The minimum absolute atomic E-state index is 0.00626. The molecule has 2 atom stereocenters. The van der Waals surface area contributed by atoms with Gasteiger partial charge in [0.15, 0.2) is 0 Å². The van der Waals surface area contributed by atoms with Gasteiger partial charge in [0.05, 0.1) is 11.6 Å². The van der Waals surface area contributed by atoms with E-state index >= 15 is 0 Å². The SMILES string of the molecule is CN(C)C(=O)c1cccc(N2C[C@@H]3C[C@@H]2CN3c2ncc(C(=O)NO)cn2)c1. The van der Waals surface area contributed by atoms with E-state index in [0.29, 0.717) is 17.6 Å². The molecule has 28 heavy (non-hydrogen) atoms. The molecule has 1 aromatic heterocycles. The monoisotopic (exact) mass is 382 g/mol. The number of rotatable bonds is 4. The quantitative estimate of drug-likeness (QED) is 0.595. The van der Waals surface area contributed by atoms with E-state index in [4.69, 9.17) is 5.21 Å². The number of aromatic nitrogens is 2. The zero-order chi connectivity index (χ0) is 19.8. The molecule has 146 valence electrons. The lowest BCUT2D eigenvalue weighted by Crippen LogP contribution is -2.47. The van der Waals surface area contributed by atoms with Crippen LogP contribution >= 0.6 is 0 Å². The third-order valence-electron chi connectivity index (χ3n) is 5.33. The molecule has 1 aromatic carbocycles. The van der Waals surface area contributed by atoms with E-state index < -0.39 is 5.91 Å². The van der Waals surface area contributed by atoms with Crippen LogP contribution in [-0.4, -0.2) is 71.2 Å². The maximum Gasteiger partial charge on any atom is 0.277 e. The number of amides is 2. The fraction of sp³-hybridized carbons (Fsp3) is 0.368. The van der Waals surface area contributed by atoms with E-state index in [1.54, 1.807) is 24.5 Å². The average molecular weight is 382 g/mol. The Balaban J connectivity index is 1.48. The first-order valence-corrected chi connectivity index (χ1v) is 9.09. The van der Waals surface area contributed by atoms with Crippen molar-refractivity contribution < 1.29 is 14.8 Å². The Kier molecular flexibility index (Phi) is 4.60. The van der Waals surface area contributed by atoms with Crippen LogP contribution in [0, 0.1) is 0 Å². The first-order valence-electron chi connectivity index (χ1n) is 9.09. The van der Waals surface area contributed by atoms with Gasteiger partial charge in [-0.05, 0) is 24.6 Å². The van der Waals surface area contributed by atoms with Crippen molar-refractivity contribution in [3.63, 3.8) is 0 Å². The van der Waals surface area contributed by atoms with Gasteiger partial charge in [0.1, 0.15) is 0 Å². The number of piperazine rings is 1. The number of hydrogen-bond donors (Lipinski definition) is 2. The van der Waals surface area contributed by atoms with Crippen LogP contribution in [0.3, 0.4) is 0 Å². The first kappa shape index (κ1) is 18.2. The lowest BCUT2D eigenvalue weighted by atomic mass is 10.1. The molecule has 0 radical (unpaired) electrons. The van der Waals surface area contributed by atoms with Crippen LogP contribution in [0.25, 0.3) is 0 Å². The summed E-state index contributed by atoms with van der Waals surface area (Å²) in [4.78, 5) is 38.3. The van der Waals surface area contributed by atoms with Crippen LogP contribution in [-0.2, 0) is 0 Å². The van der Waals surface area contributed by atoms with Crippen molar-refractivity contribution in [2.45, 2.75) is 18.5 Å². The zero-order valence-electron chi connectivity index (χ0n) is 15.7. The van der Waals surface area contributed by atoms with E-state index in [-0.39, 0.29) is 17.5 Å². The van der Waals surface area contributed by atoms with Gasteiger partial charge in [-0.25, -0.2) is 15.4 Å². The molecule has 2 bridgehead atoms. The topological polar surface area (TPSA) is 102 Å². The van der Waals surface area contributed by atoms with Gasteiger partial charge in [0.2, 0.25) is 5.95 Å². The van der Waals surface area contributed by atoms with Crippen LogP contribution in [0.15, 0.2) is 36.7 Å². The minimum Gasteiger partial charge on any atom is -0.365 e. The predicted octanol–water partition coefficient (Wildman–Crippen LogP) is 0.765. The molecule has 2 fully saturated rings. The summed E-state index contributed by atoms with van der Waals surface area (Å²) in [6.45, 7) is 1.61. The van der Waals surface area contributed by atoms with Crippen molar-refractivity contribution in [2.24, 2.45) is 0 Å². The summed E-state index contributed by atoms with van der Waals surface area (Å²) in [5, 5.41) is 8.68. The molecule has 2 amide bonds. The van der Waals surface area contributed by atoms with E-state index in [1.807, 2.05) is 24.3 Å². The Bertz CT molecular complexity index is 901. The van der Waals surface area contributed by atoms with Crippen molar-refractivity contribution in [1.82, 2.24) is 20.3 Å². The average Bonchev–Trinajstić information content (AvgIpc) is 3.34. The van der Waals surface area contributed by atoms with Gasteiger partial charge in [-0.3, -0.25) is 14.8 Å². The number of nitrogens with one attached hydrogen (secondary N) is 1. The van der Waals surface area contributed by atoms with E-state index in [1.165, 1.54) is 12.4 Å². The van der Waals surface area contributed by atoms with Gasteiger partial charge in [-0.15, -0.1) is 0 Å². The highest BCUT2D eigenvalue weighted by molar-refractivity contribution is 5.95. The Hall–Kier alpha value is -3.20. The largest absolute Gasteiger partial charge is 0.365 e. The van der Waals surface area contributed by atoms with Crippen molar-refractivity contribution in [3.8, 4) is 0 Å². The van der Waals surface area contributed by atoms with Crippen LogP contribution < -0.4 is 15.3 Å². The molecular weight excluding hydrogens is 360 g/mol. The molecule has 0 unspecified atom stereocenters. The van der Waals surface area contributed by atoms with Crippen molar-refractivity contribution >= 4 is 23.5 Å².